The molecule has 0 spiro atoms. The highest BCUT2D eigenvalue weighted by molar-refractivity contribution is 7.05. The zero-order valence-corrected chi connectivity index (χ0v) is 11.7. The normalized spacial score (nSPS) is 11.9. The van der Waals surface area contributed by atoms with E-state index in [-0.39, 0.29) is 0 Å². The number of rotatable bonds is 7. The molecule has 1 heterocycles. The van der Waals surface area contributed by atoms with E-state index in [4.69, 9.17) is 0 Å². The first-order valence-electron chi connectivity index (χ1n) is 6.27. The molecule has 1 N–H and O–H groups in total. The van der Waals surface area contributed by atoms with Crippen molar-refractivity contribution >= 4 is 11.5 Å². The lowest BCUT2D eigenvalue weighted by Crippen LogP contribution is -2.21. The van der Waals surface area contributed by atoms with E-state index in [9.17, 15) is 0 Å². The van der Waals surface area contributed by atoms with Gasteiger partial charge in [-0.25, -0.2) is 0 Å². The van der Waals surface area contributed by atoms with Crippen LogP contribution in [0, 0.1) is 11.8 Å². The van der Waals surface area contributed by atoms with Crippen molar-refractivity contribution in [2.75, 3.05) is 6.54 Å². The molecule has 0 aliphatic heterocycles. The van der Waals surface area contributed by atoms with Gasteiger partial charge >= 0.3 is 0 Å². The Labute approximate surface area is 108 Å². The van der Waals surface area contributed by atoms with Crippen molar-refractivity contribution in [1.82, 2.24) is 14.9 Å². The highest BCUT2D eigenvalue weighted by Crippen LogP contribution is 2.25. The fraction of sp³-hybridized carbons (Fsp3) is 0.692. The van der Waals surface area contributed by atoms with Gasteiger partial charge in [0.05, 0.1) is 10.6 Å². The Morgan fingerprint density at radius 2 is 2.24 bits per heavy atom. The van der Waals surface area contributed by atoms with Crippen molar-refractivity contribution in [2.45, 2.75) is 52.5 Å². The van der Waals surface area contributed by atoms with Gasteiger partial charge < -0.3 is 5.32 Å². The summed E-state index contributed by atoms with van der Waals surface area (Å²) in [7, 11) is 0. The van der Waals surface area contributed by atoms with E-state index in [1.165, 1.54) is 16.4 Å². The van der Waals surface area contributed by atoms with Crippen LogP contribution in [0.15, 0.2) is 0 Å². The summed E-state index contributed by atoms with van der Waals surface area (Å²) >= 11 is 1.52. The van der Waals surface area contributed by atoms with Gasteiger partial charge in [-0.15, -0.1) is 16.9 Å². The molecule has 0 aromatic carbocycles. The average molecular weight is 251 g/mol. The van der Waals surface area contributed by atoms with Crippen LogP contribution >= 0.6 is 11.5 Å². The van der Waals surface area contributed by atoms with Crippen molar-refractivity contribution in [2.24, 2.45) is 0 Å². The third kappa shape index (κ3) is 4.45. The van der Waals surface area contributed by atoms with Gasteiger partial charge in [0.25, 0.3) is 0 Å². The zero-order valence-electron chi connectivity index (χ0n) is 10.9. The fourth-order valence-corrected chi connectivity index (χ4v) is 2.61. The smallest absolute Gasteiger partial charge is 0.0803 e. The van der Waals surface area contributed by atoms with Gasteiger partial charge in [-0.2, -0.15) is 0 Å². The van der Waals surface area contributed by atoms with Crippen LogP contribution in [0.5, 0.6) is 0 Å². The molecule has 4 heteroatoms. The fourth-order valence-electron chi connectivity index (χ4n) is 1.80. The van der Waals surface area contributed by atoms with Gasteiger partial charge in [0, 0.05) is 12.5 Å². The summed E-state index contributed by atoms with van der Waals surface area (Å²) in [6.07, 6.45) is 4.10. The SMILES string of the molecule is CC#CCCC(NCC)c1snnc1CCC. The number of nitrogens with one attached hydrogen (secondary N) is 1. The van der Waals surface area contributed by atoms with E-state index in [0.29, 0.717) is 6.04 Å². The minimum Gasteiger partial charge on any atom is -0.309 e. The summed E-state index contributed by atoms with van der Waals surface area (Å²) in [6, 6.07) is 0.363. The number of hydrogen-bond acceptors (Lipinski definition) is 4. The van der Waals surface area contributed by atoms with Crippen molar-refractivity contribution in [3.63, 3.8) is 0 Å². The van der Waals surface area contributed by atoms with Crippen LogP contribution in [0.3, 0.4) is 0 Å². The van der Waals surface area contributed by atoms with Gasteiger partial charge in [-0.05, 0) is 37.8 Å². The second-order valence-electron chi connectivity index (χ2n) is 3.91. The lowest BCUT2D eigenvalue weighted by Gasteiger charge is -2.15. The molecule has 0 bridgehead atoms. The molecule has 17 heavy (non-hydrogen) atoms. The van der Waals surface area contributed by atoms with E-state index in [1.807, 2.05) is 6.92 Å². The molecule has 1 aromatic rings. The van der Waals surface area contributed by atoms with E-state index in [2.05, 4.69) is 40.6 Å². The Kier molecular flexibility index (Phi) is 6.83. The third-order valence-corrected chi connectivity index (χ3v) is 3.45. The highest BCUT2D eigenvalue weighted by atomic mass is 32.1. The number of aryl methyl sites for hydroxylation is 1. The van der Waals surface area contributed by atoms with E-state index in [1.54, 1.807) is 0 Å². The summed E-state index contributed by atoms with van der Waals surface area (Å²) < 4.78 is 4.09. The zero-order chi connectivity index (χ0) is 12.5. The Balaban J connectivity index is 2.72. The minimum absolute atomic E-state index is 0.363. The molecule has 1 unspecified atom stereocenters. The van der Waals surface area contributed by atoms with Crippen LogP contribution in [0.1, 0.15) is 56.6 Å². The summed E-state index contributed by atoms with van der Waals surface area (Å²) in [6.45, 7) is 7.16. The van der Waals surface area contributed by atoms with Crippen LogP contribution in [0.25, 0.3) is 0 Å². The van der Waals surface area contributed by atoms with E-state index >= 15 is 0 Å². The van der Waals surface area contributed by atoms with Crippen molar-refractivity contribution in [1.29, 1.82) is 0 Å². The first-order valence-corrected chi connectivity index (χ1v) is 7.04. The van der Waals surface area contributed by atoms with Gasteiger partial charge in [0.15, 0.2) is 0 Å². The Morgan fingerprint density at radius 1 is 1.41 bits per heavy atom. The number of hydrogen-bond donors (Lipinski definition) is 1. The molecular formula is C13H21N3S. The van der Waals surface area contributed by atoms with Crippen LogP contribution in [0.4, 0.5) is 0 Å². The standard InChI is InChI=1S/C13H21N3S/c1-4-7-8-10-11(14-6-3)13-12(9-5-2)15-16-17-13/h11,14H,5-6,8-10H2,1-3H3. The first kappa shape index (κ1) is 14.1. The minimum atomic E-state index is 0.363. The quantitative estimate of drug-likeness (QED) is 0.757. The van der Waals surface area contributed by atoms with E-state index < -0.39 is 0 Å². The van der Waals surface area contributed by atoms with E-state index in [0.717, 1.165) is 37.9 Å². The lowest BCUT2D eigenvalue weighted by atomic mass is 10.1. The molecule has 0 aliphatic rings. The van der Waals surface area contributed by atoms with Gasteiger partial charge in [0.1, 0.15) is 0 Å². The van der Waals surface area contributed by atoms with Gasteiger partial charge in [0.2, 0.25) is 0 Å². The van der Waals surface area contributed by atoms with Crippen LogP contribution < -0.4 is 5.32 Å². The molecule has 1 rings (SSSR count). The van der Waals surface area contributed by atoms with Crippen molar-refractivity contribution in [3.05, 3.63) is 10.6 Å². The third-order valence-electron chi connectivity index (χ3n) is 2.57. The molecule has 1 aromatic heterocycles. The number of nitrogens with zero attached hydrogens (tertiary/aromatic N) is 2. The highest BCUT2D eigenvalue weighted by Gasteiger charge is 2.17. The monoisotopic (exact) mass is 251 g/mol. The maximum Gasteiger partial charge on any atom is 0.0803 e. The van der Waals surface area contributed by atoms with Gasteiger partial charge in [-0.3, -0.25) is 0 Å². The van der Waals surface area contributed by atoms with Crippen LogP contribution in [-0.4, -0.2) is 16.1 Å². The summed E-state index contributed by atoms with van der Waals surface area (Å²) in [5, 5.41) is 7.74. The predicted octanol–water partition coefficient (Wildman–Crippen LogP) is 2.94. The topological polar surface area (TPSA) is 37.8 Å². The molecule has 3 nitrogen and oxygen atoms in total. The molecule has 0 aliphatic carbocycles. The van der Waals surface area contributed by atoms with Crippen LogP contribution in [0.2, 0.25) is 0 Å². The number of aromatic nitrogens is 2. The molecular weight excluding hydrogens is 230 g/mol. The Hall–Kier alpha value is -0.920. The van der Waals surface area contributed by atoms with Crippen molar-refractivity contribution in [3.8, 4) is 11.8 Å². The van der Waals surface area contributed by atoms with Gasteiger partial charge in [-0.1, -0.05) is 24.8 Å². The molecule has 1 atom stereocenters. The second-order valence-corrected chi connectivity index (χ2v) is 4.70. The summed E-state index contributed by atoms with van der Waals surface area (Å²) in [5.74, 6) is 6.07. The molecule has 94 valence electrons. The average Bonchev–Trinajstić information content (AvgIpc) is 2.77. The maximum atomic E-state index is 4.23. The van der Waals surface area contributed by atoms with Crippen LogP contribution in [-0.2, 0) is 6.42 Å². The predicted molar refractivity (Wildman–Crippen MR) is 73.0 cm³/mol. The largest absolute Gasteiger partial charge is 0.309 e. The lowest BCUT2D eigenvalue weighted by molar-refractivity contribution is 0.525. The molecule has 0 fully saturated rings. The second kappa shape index (κ2) is 8.21. The summed E-state index contributed by atoms with van der Waals surface area (Å²) in [4.78, 5) is 1.30. The van der Waals surface area contributed by atoms with Crippen molar-refractivity contribution < 1.29 is 0 Å². The molecule has 0 radical (unpaired) electrons. The molecule has 0 amide bonds. The first-order chi connectivity index (χ1) is 8.33. The summed E-state index contributed by atoms with van der Waals surface area (Å²) in [5.41, 5.74) is 1.16. The Bertz CT molecular complexity index is 376. The Morgan fingerprint density at radius 3 is 2.88 bits per heavy atom. The molecule has 0 saturated heterocycles. The maximum absolute atomic E-state index is 4.23. The molecule has 0 saturated carbocycles.